The first-order valence-electron chi connectivity index (χ1n) is 6.35. The number of aliphatic hydroxyl groups excluding tert-OH is 1. The Morgan fingerprint density at radius 2 is 2.10 bits per heavy atom. The van der Waals surface area contributed by atoms with E-state index in [2.05, 4.69) is 25.8 Å². The molecular weight excluding hydrogens is 297 g/mol. The molecule has 0 aliphatic heterocycles. The first kappa shape index (κ1) is 15.4. The lowest BCUT2D eigenvalue weighted by molar-refractivity contribution is 0.173. The maximum absolute atomic E-state index is 13.7. The van der Waals surface area contributed by atoms with Gasteiger partial charge in [0.1, 0.15) is 5.82 Å². The summed E-state index contributed by atoms with van der Waals surface area (Å²) in [5, 5.41) is 13.3. The second-order valence-corrected chi connectivity index (χ2v) is 7.14. The Morgan fingerprint density at radius 1 is 1.40 bits per heavy atom. The number of nitrogens with zero attached hydrogens (tertiary/aromatic N) is 1. The van der Waals surface area contributed by atoms with Gasteiger partial charge in [-0.05, 0) is 12.1 Å². The lowest BCUT2D eigenvalue weighted by atomic mass is 9.93. The summed E-state index contributed by atoms with van der Waals surface area (Å²) >= 11 is 7.19. The van der Waals surface area contributed by atoms with Gasteiger partial charge in [0.25, 0.3) is 0 Å². The van der Waals surface area contributed by atoms with Gasteiger partial charge < -0.3 is 5.11 Å². The quantitative estimate of drug-likeness (QED) is 0.904. The SMILES string of the molecule is CC(C)(C)c1csc(CC(O)c2ccc(Cl)cc2F)n1. The van der Waals surface area contributed by atoms with Crippen LogP contribution in [0.1, 0.15) is 43.1 Å². The van der Waals surface area contributed by atoms with Crippen molar-refractivity contribution in [1.82, 2.24) is 4.98 Å². The Hall–Kier alpha value is -0.970. The van der Waals surface area contributed by atoms with E-state index >= 15 is 0 Å². The third kappa shape index (κ3) is 3.57. The highest BCUT2D eigenvalue weighted by Gasteiger charge is 2.20. The van der Waals surface area contributed by atoms with Crippen LogP contribution in [0.2, 0.25) is 5.02 Å². The Kier molecular flexibility index (Phi) is 4.47. The van der Waals surface area contributed by atoms with Gasteiger partial charge in [0.05, 0.1) is 16.8 Å². The lowest BCUT2D eigenvalue weighted by Crippen LogP contribution is -2.12. The molecule has 5 heteroatoms. The molecule has 1 N–H and O–H groups in total. The van der Waals surface area contributed by atoms with Crippen LogP contribution < -0.4 is 0 Å². The topological polar surface area (TPSA) is 33.1 Å². The standard InChI is InChI=1S/C15H17ClFNOS/c1-15(2,3)13-8-20-14(18-13)7-12(19)10-5-4-9(16)6-11(10)17/h4-6,8,12,19H,7H2,1-3H3. The molecule has 0 spiro atoms. The van der Waals surface area contributed by atoms with Crippen LogP contribution in [-0.4, -0.2) is 10.1 Å². The molecule has 0 aliphatic rings. The average Bonchev–Trinajstić information content (AvgIpc) is 2.76. The number of hydrogen-bond donors (Lipinski definition) is 1. The molecular formula is C15H17ClFNOS. The summed E-state index contributed by atoms with van der Waals surface area (Å²) in [5.74, 6) is -0.488. The van der Waals surface area contributed by atoms with E-state index in [0.29, 0.717) is 11.4 Å². The number of halogens is 2. The molecule has 1 aromatic heterocycles. The fourth-order valence-corrected chi connectivity index (χ4v) is 3.01. The third-order valence-corrected chi connectivity index (χ3v) is 4.12. The van der Waals surface area contributed by atoms with Crippen LogP contribution in [0.3, 0.4) is 0 Å². The van der Waals surface area contributed by atoms with Crippen molar-refractivity contribution in [2.45, 2.75) is 38.7 Å². The molecule has 1 unspecified atom stereocenters. The van der Waals surface area contributed by atoms with E-state index in [1.807, 2.05) is 5.38 Å². The van der Waals surface area contributed by atoms with Crippen molar-refractivity contribution in [3.05, 3.63) is 50.7 Å². The van der Waals surface area contributed by atoms with Crippen molar-refractivity contribution in [1.29, 1.82) is 0 Å². The van der Waals surface area contributed by atoms with Crippen LogP contribution in [0.15, 0.2) is 23.6 Å². The first-order valence-corrected chi connectivity index (χ1v) is 7.61. The maximum Gasteiger partial charge on any atom is 0.130 e. The number of benzene rings is 1. The van der Waals surface area contributed by atoms with Gasteiger partial charge in [0.2, 0.25) is 0 Å². The minimum absolute atomic E-state index is 0.0226. The smallest absolute Gasteiger partial charge is 0.130 e. The monoisotopic (exact) mass is 313 g/mol. The van der Waals surface area contributed by atoms with Crippen molar-refractivity contribution in [3.63, 3.8) is 0 Å². The largest absolute Gasteiger partial charge is 0.388 e. The summed E-state index contributed by atoms with van der Waals surface area (Å²) in [4.78, 5) is 4.50. The molecule has 0 saturated carbocycles. The van der Waals surface area contributed by atoms with Gasteiger partial charge in [-0.2, -0.15) is 0 Å². The van der Waals surface area contributed by atoms with Gasteiger partial charge in [0, 0.05) is 27.8 Å². The predicted molar refractivity (Wildman–Crippen MR) is 80.9 cm³/mol. The molecule has 1 atom stereocenters. The van der Waals surface area contributed by atoms with Crippen LogP contribution in [-0.2, 0) is 11.8 Å². The first-order chi connectivity index (χ1) is 9.27. The number of aromatic nitrogens is 1. The highest BCUT2D eigenvalue weighted by Crippen LogP contribution is 2.28. The highest BCUT2D eigenvalue weighted by atomic mass is 35.5. The van der Waals surface area contributed by atoms with Crippen molar-refractivity contribution in [3.8, 4) is 0 Å². The molecule has 1 aromatic carbocycles. The third-order valence-electron chi connectivity index (χ3n) is 3.01. The molecule has 0 fully saturated rings. The molecule has 2 aromatic rings. The zero-order chi connectivity index (χ0) is 14.9. The fraction of sp³-hybridized carbons (Fsp3) is 0.400. The van der Waals surface area contributed by atoms with Crippen molar-refractivity contribution in [2.24, 2.45) is 0 Å². The van der Waals surface area contributed by atoms with Gasteiger partial charge in [0.15, 0.2) is 0 Å². The molecule has 2 rings (SSSR count). The normalized spacial score (nSPS) is 13.5. The fourth-order valence-electron chi connectivity index (χ4n) is 1.80. The van der Waals surface area contributed by atoms with Crippen LogP contribution >= 0.6 is 22.9 Å². The van der Waals surface area contributed by atoms with E-state index < -0.39 is 11.9 Å². The van der Waals surface area contributed by atoms with Crippen molar-refractivity contribution in [2.75, 3.05) is 0 Å². The van der Waals surface area contributed by atoms with Crippen molar-refractivity contribution >= 4 is 22.9 Å². The Bertz CT molecular complexity index is 606. The molecule has 20 heavy (non-hydrogen) atoms. The van der Waals surface area contributed by atoms with Gasteiger partial charge in [-0.25, -0.2) is 9.37 Å². The van der Waals surface area contributed by atoms with E-state index in [1.165, 1.54) is 23.5 Å². The van der Waals surface area contributed by atoms with Gasteiger partial charge in [-0.3, -0.25) is 0 Å². The molecule has 0 saturated heterocycles. The van der Waals surface area contributed by atoms with Crippen LogP contribution in [0.25, 0.3) is 0 Å². The second-order valence-electron chi connectivity index (χ2n) is 5.76. The van der Waals surface area contributed by atoms with Crippen molar-refractivity contribution < 1.29 is 9.50 Å². The Labute approximate surface area is 127 Å². The number of thiazole rings is 1. The van der Waals surface area contributed by atoms with Gasteiger partial charge in [-0.1, -0.05) is 38.4 Å². The van der Waals surface area contributed by atoms with Crippen LogP contribution in [0.4, 0.5) is 4.39 Å². The molecule has 1 heterocycles. The number of rotatable bonds is 3. The Balaban J connectivity index is 2.15. The summed E-state index contributed by atoms with van der Waals surface area (Å²) in [6.45, 7) is 6.25. The molecule has 0 bridgehead atoms. The zero-order valence-electron chi connectivity index (χ0n) is 11.7. The summed E-state index contributed by atoms with van der Waals surface area (Å²) in [7, 11) is 0. The van der Waals surface area contributed by atoms with E-state index in [0.717, 1.165) is 10.7 Å². The lowest BCUT2D eigenvalue weighted by Gasteiger charge is -2.14. The molecule has 0 radical (unpaired) electrons. The summed E-state index contributed by atoms with van der Waals surface area (Å²) in [6, 6.07) is 4.30. The van der Waals surface area contributed by atoms with E-state index in [4.69, 9.17) is 11.6 Å². The summed E-state index contributed by atoms with van der Waals surface area (Å²) in [5.41, 5.74) is 1.22. The molecule has 0 aliphatic carbocycles. The molecule has 0 amide bonds. The van der Waals surface area contributed by atoms with E-state index in [9.17, 15) is 9.50 Å². The summed E-state index contributed by atoms with van der Waals surface area (Å²) in [6.07, 6.45) is -0.606. The van der Waals surface area contributed by atoms with Gasteiger partial charge in [-0.15, -0.1) is 11.3 Å². The minimum atomic E-state index is -0.911. The Morgan fingerprint density at radius 3 is 2.65 bits per heavy atom. The molecule has 108 valence electrons. The number of aliphatic hydroxyl groups is 1. The minimum Gasteiger partial charge on any atom is -0.388 e. The van der Waals surface area contributed by atoms with Crippen LogP contribution in [0.5, 0.6) is 0 Å². The molecule has 2 nitrogen and oxygen atoms in total. The summed E-state index contributed by atoms with van der Waals surface area (Å²) < 4.78 is 13.7. The zero-order valence-corrected chi connectivity index (χ0v) is 13.2. The number of hydrogen-bond acceptors (Lipinski definition) is 3. The highest BCUT2D eigenvalue weighted by molar-refractivity contribution is 7.09. The predicted octanol–water partition coefficient (Wildman–Crippen LogP) is 4.51. The second kappa shape index (κ2) is 5.80. The maximum atomic E-state index is 13.7. The van der Waals surface area contributed by atoms with Crippen LogP contribution in [0, 0.1) is 5.82 Å². The average molecular weight is 314 g/mol. The van der Waals surface area contributed by atoms with E-state index in [-0.39, 0.29) is 11.0 Å². The van der Waals surface area contributed by atoms with E-state index in [1.54, 1.807) is 6.07 Å². The van der Waals surface area contributed by atoms with Gasteiger partial charge >= 0.3 is 0 Å².